The van der Waals surface area contributed by atoms with E-state index in [2.05, 4.69) is 53.2 Å². The van der Waals surface area contributed by atoms with Gasteiger partial charge in [-0.3, -0.25) is 0 Å². The lowest BCUT2D eigenvalue weighted by Crippen LogP contribution is -1.77. The molecule has 0 aromatic heterocycles. The summed E-state index contributed by atoms with van der Waals surface area (Å²) in [5, 5.41) is 0. The van der Waals surface area contributed by atoms with E-state index in [4.69, 9.17) is 0 Å². The van der Waals surface area contributed by atoms with E-state index in [0.717, 1.165) is 25.7 Å². The van der Waals surface area contributed by atoms with Crippen LogP contribution in [0, 0.1) is 23.7 Å². The molecule has 0 rings (SSSR count). The predicted molar refractivity (Wildman–Crippen MR) is 77.0 cm³/mol. The molecule has 0 amide bonds. The van der Waals surface area contributed by atoms with E-state index in [1.54, 1.807) is 0 Å². The summed E-state index contributed by atoms with van der Waals surface area (Å²) in [6.45, 7) is 2.15. The van der Waals surface area contributed by atoms with Crippen molar-refractivity contribution in [1.82, 2.24) is 0 Å². The third kappa shape index (κ3) is 13.9. The standard InChI is InChI=1S/C14H21I/c1-2-3-4-5-6-7-8-9-10-11-12-13-14-15/h2-3,6,9-14H2,1H3. The Kier molecular flexibility index (Phi) is 13.7. The van der Waals surface area contributed by atoms with Crippen LogP contribution in [0.3, 0.4) is 0 Å². The van der Waals surface area contributed by atoms with Gasteiger partial charge in [-0.25, -0.2) is 0 Å². The fraction of sp³-hybridized carbons (Fsp3) is 0.714. The van der Waals surface area contributed by atoms with Gasteiger partial charge in [-0.2, -0.15) is 0 Å². The van der Waals surface area contributed by atoms with Gasteiger partial charge in [-0.05, 0) is 23.7 Å². The number of unbranched alkanes of at least 4 members (excludes halogenated alkanes) is 5. The van der Waals surface area contributed by atoms with Crippen molar-refractivity contribution in [2.45, 2.75) is 58.3 Å². The van der Waals surface area contributed by atoms with E-state index in [0.29, 0.717) is 0 Å². The van der Waals surface area contributed by atoms with E-state index in [1.165, 1.54) is 30.1 Å². The van der Waals surface area contributed by atoms with Gasteiger partial charge in [-0.15, -0.1) is 11.8 Å². The van der Waals surface area contributed by atoms with Gasteiger partial charge in [0.25, 0.3) is 0 Å². The van der Waals surface area contributed by atoms with Crippen molar-refractivity contribution in [3.8, 4) is 23.7 Å². The summed E-state index contributed by atoms with van der Waals surface area (Å²) in [6.07, 6.45) is 9.28. The smallest absolute Gasteiger partial charge is 0.0702 e. The quantitative estimate of drug-likeness (QED) is 0.291. The van der Waals surface area contributed by atoms with E-state index < -0.39 is 0 Å². The van der Waals surface area contributed by atoms with Gasteiger partial charge in [0.05, 0.1) is 6.42 Å². The van der Waals surface area contributed by atoms with Crippen LogP contribution in [-0.2, 0) is 0 Å². The minimum atomic E-state index is 0.758. The van der Waals surface area contributed by atoms with Crippen LogP contribution in [-0.4, -0.2) is 4.43 Å². The zero-order valence-electron chi connectivity index (χ0n) is 9.74. The molecule has 0 spiro atoms. The molecule has 0 fully saturated rings. The molecule has 84 valence electrons. The van der Waals surface area contributed by atoms with Crippen molar-refractivity contribution in [2.24, 2.45) is 0 Å². The number of hydrogen-bond acceptors (Lipinski definition) is 0. The molecule has 0 aliphatic carbocycles. The fourth-order valence-electron chi connectivity index (χ4n) is 1.13. The van der Waals surface area contributed by atoms with Gasteiger partial charge in [0.1, 0.15) is 0 Å². The highest BCUT2D eigenvalue weighted by Crippen LogP contribution is 2.03. The first kappa shape index (κ1) is 14.8. The summed E-state index contributed by atoms with van der Waals surface area (Å²) >= 11 is 2.43. The molecule has 0 N–H and O–H groups in total. The summed E-state index contributed by atoms with van der Waals surface area (Å²) in [7, 11) is 0. The van der Waals surface area contributed by atoms with Crippen LogP contribution in [0.1, 0.15) is 58.3 Å². The Labute approximate surface area is 109 Å². The predicted octanol–water partition coefficient (Wildman–Crippen LogP) is 4.57. The second kappa shape index (κ2) is 13.8. The highest BCUT2D eigenvalue weighted by Gasteiger charge is 1.86. The van der Waals surface area contributed by atoms with Crippen molar-refractivity contribution in [3.05, 3.63) is 0 Å². The molecule has 0 unspecified atom stereocenters. The van der Waals surface area contributed by atoms with Crippen LogP contribution in [0.25, 0.3) is 0 Å². The second-order valence-corrected chi connectivity index (χ2v) is 4.57. The lowest BCUT2D eigenvalue weighted by atomic mass is 10.1. The normalized spacial score (nSPS) is 8.67. The Hall–Kier alpha value is -0.150. The van der Waals surface area contributed by atoms with Crippen LogP contribution in [0.4, 0.5) is 0 Å². The third-order valence-electron chi connectivity index (χ3n) is 1.99. The average molecular weight is 316 g/mol. The molecule has 0 saturated heterocycles. The summed E-state index contributed by atoms with van der Waals surface area (Å²) in [4.78, 5) is 0. The van der Waals surface area contributed by atoms with E-state index in [9.17, 15) is 0 Å². The third-order valence-corrected chi connectivity index (χ3v) is 2.75. The molecule has 0 aliphatic heterocycles. The van der Waals surface area contributed by atoms with E-state index in [-0.39, 0.29) is 0 Å². The summed E-state index contributed by atoms with van der Waals surface area (Å²) in [5.41, 5.74) is 0. The SMILES string of the molecule is CCCC#CCC#CCCCCCCI. The van der Waals surface area contributed by atoms with Crippen molar-refractivity contribution >= 4 is 22.6 Å². The minimum Gasteiger partial charge on any atom is -0.102 e. The fourth-order valence-corrected chi connectivity index (χ4v) is 1.67. The minimum absolute atomic E-state index is 0.758. The molecule has 15 heavy (non-hydrogen) atoms. The Bertz CT molecular complexity index is 234. The Balaban J connectivity index is 3.21. The molecule has 0 bridgehead atoms. The van der Waals surface area contributed by atoms with Gasteiger partial charge in [0.15, 0.2) is 0 Å². The zero-order valence-corrected chi connectivity index (χ0v) is 11.9. The number of halogens is 1. The van der Waals surface area contributed by atoms with Gasteiger partial charge in [0.2, 0.25) is 0 Å². The molecule has 0 nitrogen and oxygen atoms in total. The van der Waals surface area contributed by atoms with Crippen LogP contribution in [0.2, 0.25) is 0 Å². The van der Waals surface area contributed by atoms with Gasteiger partial charge in [0, 0.05) is 12.8 Å². The number of rotatable bonds is 6. The van der Waals surface area contributed by atoms with Crippen LogP contribution >= 0.6 is 22.6 Å². The molecule has 0 aliphatic rings. The number of alkyl halides is 1. The lowest BCUT2D eigenvalue weighted by molar-refractivity contribution is 0.686. The maximum Gasteiger partial charge on any atom is 0.0702 e. The van der Waals surface area contributed by atoms with Crippen molar-refractivity contribution in [1.29, 1.82) is 0 Å². The molecule has 1 heteroatoms. The molecular weight excluding hydrogens is 295 g/mol. The lowest BCUT2D eigenvalue weighted by Gasteiger charge is -1.93. The molecular formula is C14H21I. The van der Waals surface area contributed by atoms with Gasteiger partial charge < -0.3 is 0 Å². The van der Waals surface area contributed by atoms with Crippen LogP contribution in [0.15, 0.2) is 0 Å². The summed E-state index contributed by atoms with van der Waals surface area (Å²) in [5.74, 6) is 12.5. The summed E-state index contributed by atoms with van der Waals surface area (Å²) in [6, 6.07) is 0. The van der Waals surface area contributed by atoms with E-state index in [1.807, 2.05) is 0 Å². The largest absolute Gasteiger partial charge is 0.102 e. The first-order valence-corrected chi connectivity index (χ1v) is 7.41. The molecule has 0 atom stereocenters. The Morgan fingerprint density at radius 1 is 0.800 bits per heavy atom. The zero-order chi connectivity index (χ0) is 11.2. The van der Waals surface area contributed by atoms with Crippen LogP contribution in [0.5, 0.6) is 0 Å². The highest BCUT2D eigenvalue weighted by atomic mass is 127. The Morgan fingerprint density at radius 2 is 1.47 bits per heavy atom. The van der Waals surface area contributed by atoms with E-state index >= 15 is 0 Å². The highest BCUT2D eigenvalue weighted by molar-refractivity contribution is 14.1. The molecule has 0 radical (unpaired) electrons. The first-order valence-electron chi connectivity index (χ1n) is 5.89. The monoisotopic (exact) mass is 316 g/mol. The first-order chi connectivity index (χ1) is 7.41. The molecule has 0 saturated carbocycles. The molecule has 0 aromatic rings. The number of hydrogen-bond donors (Lipinski definition) is 0. The molecule has 0 aromatic carbocycles. The summed E-state index contributed by atoms with van der Waals surface area (Å²) < 4.78 is 1.29. The van der Waals surface area contributed by atoms with Crippen molar-refractivity contribution in [3.63, 3.8) is 0 Å². The van der Waals surface area contributed by atoms with Crippen LogP contribution < -0.4 is 0 Å². The van der Waals surface area contributed by atoms with Crippen molar-refractivity contribution < 1.29 is 0 Å². The van der Waals surface area contributed by atoms with Crippen molar-refractivity contribution in [2.75, 3.05) is 4.43 Å². The maximum atomic E-state index is 3.18. The topological polar surface area (TPSA) is 0 Å². The second-order valence-electron chi connectivity index (χ2n) is 3.49. The maximum absolute atomic E-state index is 3.18. The average Bonchev–Trinajstić information content (AvgIpc) is 2.26. The van der Waals surface area contributed by atoms with Gasteiger partial charge >= 0.3 is 0 Å². The molecule has 0 heterocycles. The van der Waals surface area contributed by atoms with Gasteiger partial charge in [-0.1, -0.05) is 54.2 Å². The Morgan fingerprint density at radius 3 is 2.13 bits per heavy atom.